The topological polar surface area (TPSA) is 107 Å². The minimum atomic E-state index is -1.57. The second-order valence-electron chi connectivity index (χ2n) is 6.74. The first-order valence-electron chi connectivity index (χ1n) is 10.0. The number of carbonyl (C=O) groups is 3. The van der Waals surface area contributed by atoms with Crippen LogP contribution in [0.5, 0.6) is 0 Å². The predicted octanol–water partition coefficient (Wildman–Crippen LogP) is 3.97. The second-order valence-corrected chi connectivity index (χ2v) is 6.74. The summed E-state index contributed by atoms with van der Waals surface area (Å²) in [7, 11) is 0. The average molecular weight is 434 g/mol. The normalized spacial score (nSPS) is 11.0. The number of imide groups is 1. The number of carboxylic acid groups (broad SMARTS) is 2. The van der Waals surface area contributed by atoms with Crippen molar-refractivity contribution in [1.29, 1.82) is 0 Å². The molecule has 8 nitrogen and oxygen atoms in total. The molecule has 2 radical (unpaired) electrons. The molecule has 0 aromatic rings. The summed E-state index contributed by atoms with van der Waals surface area (Å²) in [5, 5.41) is 19.0. The van der Waals surface area contributed by atoms with Crippen LogP contribution in [-0.4, -0.2) is 117 Å². The van der Waals surface area contributed by atoms with Gasteiger partial charge in [-0.05, 0) is 20.3 Å². The molecule has 0 aromatic carbocycles. The molecule has 0 aliphatic heterocycles. The van der Waals surface area contributed by atoms with Crippen molar-refractivity contribution >= 4 is 77.2 Å². The van der Waals surface area contributed by atoms with E-state index < -0.39 is 18.2 Å². The van der Waals surface area contributed by atoms with Crippen LogP contribution < -0.4 is 0 Å². The fourth-order valence-electron chi connectivity index (χ4n) is 2.86. The SMILES string of the molecule is CCCCCCCCCCCC(=O)N(OCC)C(C)CN(C(=O)O)C(=O)O.[Na].[Na]. The molecular weight excluding hydrogens is 398 g/mol. The number of hydroxylamine groups is 2. The monoisotopic (exact) mass is 434 g/mol. The third-order valence-corrected chi connectivity index (χ3v) is 4.32. The van der Waals surface area contributed by atoms with Crippen LogP contribution in [-0.2, 0) is 9.63 Å². The Morgan fingerprint density at radius 3 is 1.69 bits per heavy atom. The Morgan fingerprint density at radius 2 is 1.28 bits per heavy atom. The summed E-state index contributed by atoms with van der Waals surface area (Å²) in [6.45, 7) is 5.38. The minimum absolute atomic E-state index is 0. The van der Waals surface area contributed by atoms with E-state index in [-0.39, 0.29) is 83.1 Å². The standard InChI is InChI=1S/C19H36N2O6.2Na/c1-4-6-7-8-9-10-11-12-13-14-17(22)21(27-5-2)16(3)15-20(18(23)24)19(25)26;;/h16H,4-15H2,1-3H3,(H,23,24)(H,25,26);;. The van der Waals surface area contributed by atoms with E-state index in [0.717, 1.165) is 24.3 Å². The second kappa shape index (κ2) is 21.4. The third kappa shape index (κ3) is 16.5. The molecule has 29 heavy (non-hydrogen) atoms. The number of carbonyl (C=O) groups excluding carboxylic acids is 1. The van der Waals surface area contributed by atoms with Crippen molar-refractivity contribution in [2.24, 2.45) is 0 Å². The van der Waals surface area contributed by atoms with Gasteiger partial charge in [-0.25, -0.2) is 19.6 Å². The van der Waals surface area contributed by atoms with Gasteiger partial charge in [0.15, 0.2) is 0 Å². The Bertz CT molecular complexity index is 440. The summed E-state index contributed by atoms with van der Waals surface area (Å²) in [6.07, 6.45) is 7.47. The summed E-state index contributed by atoms with van der Waals surface area (Å²) >= 11 is 0. The fraction of sp³-hybridized carbons (Fsp3) is 0.842. The molecule has 0 heterocycles. The van der Waals surface area contributed by atoms with Crippen molar-refractivity contribution in [2.45, 2.75) is 91.0 Å². The first-order valence-corrected chi connectivity index (χ1v) is 10.0. The molecule has 0 aromatic heterocycles. The van der Waals surface area contributed by atoms with Crippen LogP contribution in [0.4, 0.5) is 9.59 Å². The van der Waals surface area contributed by atoms with Crippen molar-refractivity contribution in [1.82, 2.24) is 9.96 Å². The first-order chi connectivity index (χ1) is 12.8. The van der Waals surface area contributed by atoms with Gasteiger partial charge < -0.3 is 10.2 Å². The van der Waals surface area contributed by atoms with Crippen molar-refractivity contribution in [3.05, 3.63) is 0 Å². The summed E-state index contributed by atoms with van der Waals surface area (Å²) in [5.41, 5.74) is 0. The van der Waals surface area contributed by atoms with Gasteiger partial charge in [-0.3, -0.25) is 9.63 Å². The van der Waals surface area contributed by atoms with Gasteiger partial charge in [0.25, 0.3) is 0 Å². The molecular formula is C19H36N2Na2O6. The maximum atomic E-state index is 12.4. The van der Waals surface area contributed by atoms with Crippen LogP contribution in [0.1, 0.15) is 85.0 Å². The van der Waals surface area contributed by atoms with E-state index in [2.05, 4.69) is 6.92 Å². The van der Waals surface area contributed by atoms with Crippen LogP contribution in [0.25, 0.3) is 0 Å². The summed E-state index contributed by atoms with van der Waals surface area (Å²) < 4.78 is 0. The van der Waals surface area contributed by atoms with E-state index in [0.29, 0.717) is 6.42 Å². The van der Waals surface area contributed by atoms with Crippen molar-refractivity contribution in [3.8, 4) is 0 Å². The number of rotatable bonds is 15. The molecule has 2 N–H and O–H groups in total. The Hall–Kier alpha value is 0.170. The third-order valence-electron chi connectivity index (χ3n) is 4.32. The van der Waals surface area contributed by atoms with E-state index in [1.165, 1.54) is 38.5 Å². The molecule has 160 valence electrons. The van der Waals surface area contributed by atoms with E-state index >= 15 is 0 Å². The van der Waals surface area contributed by atoms with Gasteiger partial charge >= 0.3 is 12.2 Å². The van der Waals surface area contributed by atoms with Gasteiger partial charge in [0.1, 0.15) is 0 Å². The Balaban J connectivity index is -0.00000338. The maximum Gasteiger partial charge on any atom is 0.416 e. The molecule has 1 atom stereocenters. The van der Waals surface area contributed by atoms with E-state index in [1.54, 1.807) is 13.8 Å². The fourth-order valence-corrected chi connectivity index (χ4v) is 2.86. The number of nitrogens with zero attached hydrogens (tertiary/aromatic N) is 2. The molecule has 0 saturated heterocycles. The molecule has 0 aliphatic carbocycles. The molecule has 10 heteroatoms. The van der Waals surface area contributed by atoms with Gasteiger partial charge in [0, 0.05) is 65.5 Å². The molecule has 0 saturated carbocycles. The quantitative estimate of drug-likeness (QED) is 0.229. The molecule has 0 bridgehead atoms. The van der Waals surface area contributed by atoms with E-state index in [4.69, 9.17) is 15.1 Å². The minimum Gasteiger partial charge on any atom is -0.465 e. The van der Waals surface area contributed by atoms with Gasteiger partial charge in [-0.1, -0.05) is 58.3 Å². The zero-order valence-corrected chi connectivity index (χ0v) is 23.0. The van der Waals surface area contributed by atoms with Crippen LogP contribution in [0.15, 0.2) is 0 Å². The Kier molecular flexibility index (Phi) is 24.9. The number of hydrogen-bond acceptors (Lipinski definition) is 4. The molecule has 3 amide bonds. The van der Waals surface area contributed by atoms with Gasteiger partial charge in [0.05, 0.1) is 19.2 Å². The van der Waals surface area contributed by atoms with E-state index in [9.17, 15) is 14.4 Å². The number of unbranched alkanes of at least 4 members (excludes halogenated alkanes) is 8. The van der Waals surface area contributed by atoms with Crippen LogP contribution in [0.3, 0.4) is 0 Å². The molecule has 0 aliphatic rings. The molecule has 0 spiro atoms. The largest absolute Gasteiger partial charge is 0.465 e. The smallest absolute Gasteiger partial charge is 0.416 e. The zero-order valence-electron chi connectivity index (χ0n) is 19.0. The van der Waals surface area contributed by atoms with Crippen LogP contribution in [0.2, 0.25) is 0 Å². The summed E-state index contributed by atoms with van der Waals surface area (Å²) in [6, 6.07) is -0.691. The number of hydrogen-bond donors (Lipinski definition) is 2. The average Bonchev–Trinajstić information content (AvgIpc) is 2.61. The zero-order chi connectivity index (χ0) is 20.7. The van der Waals surface area contributed by atoms with Gasteiger partial charge in [-0.15, -0.1) is 0 Å². The van der Waals surface area contributed by atoms with Crippen LogP contribution in [0, 0.1) is 0 Å². The number of amides is 3. The van der Waals surface area contributed by atoms with Gasteiger partial charge in [0.2, 0.25) is 5.91 Å². The molecule has 0 fully saturated rings. The van der Waals surface area contributed by atoms with Gasteiger partial charge in [-0.2, -0.15) is 0 Å². The van der Waals surface area contributed by atoms with Crippen molar-refractivity contribution in [3.63, 3.8) is 0 Å². The van der Waals surface area contributed by atoms with Crippen molar-refractivity contribution in [2.75, 3.05) is 13.2 Å². The summed E-state index contributed by atoms with van der Waals surface area (Å²) in [5.74, 6) is -0.247. The maximum absolute atomic E-state index is 12.4. The predicted molar refractivity (Wildman–Crippen MR) is 114 cm³/mol. The molecule has 0 rings (SSSR count). The Labute approximate surface area is 219 Å². The Morgan fingerprint density at radius 1 is 0.828 bits per heavy atom. The first kappa shape index (κ1) is 33.8. The molecule has 1 unspecified atom stereocenters. The summed E-state index contributed by atoms with van der Waals surface area (Å²) in [4.78, 5) is 39.9. The van der Waals surface area contributed by atoms with Crippen LogP contribution >= 0.6 is 0 Å². The van der Waals surface area contributed by atoms with Crippen molar-refractivity contribution < 1.29 is 29.4 Å². The van der Waals surface area contributed by atoms with E-state index in [1.807, 2.05) is 0 Å².